The van der Waals surface area contributed by atoms with E-state index < -0.39 is 0 Å². The molecule has 0 spiro atoms. The van der Waals surface area contributed by atoms with Gasteiger partial charge in [-0.2, -0.15) is 5.10 Å². The molecule has 1 atom stereocenters. The number of nitrogens with one attached hydrogen (secondary N) is 1. The Morgan fingerprint density at radius 2 is 1.68 bits per heavy atom. The minimum Gasteiger partial charge on any atom is -0.291 e. The fraction of sp³-hybridized carbons (Fsp3) is 0.105. The van der Waals surface area contributed by atoms with Crippen molar-refractivity contribution in [2.75, 3.05) is 0 Å². The second-order valence-electron chi connectivity index (χ2n) is 5.48. The van der Waals surface area contributed by atoms with E-state index in [1.807, 2.05) is 0 Å². The summed E-state index contributed by atoms with van der Waals surface area (Å²) < 4.78 is 0. The van der Waals surface area contributed by atoms with Gasteiger partial charge in [0.15, 0.2) is 0 Å². The van der Waals surface area contributed by atoms with Gasteiger partial charge in [0.2, 0.25) is 0 Å². The van der Waals surface area contributed by atoms with Crippen LogP contribution in [-0.4, -0.2) is 5.04 Å². The standard InChI is InChI=1S/C19H16N2S/c1-13-9-11-15(12-10-13)18-20-21-19(22-18)17-8-4-6-14-5-2-3-7-16(14)17/h2-12,19,21H,1H3/t19-/m0/s1. The molecule has 4 rings (SSSR count). The Morgan fingerprint density at radius 1 is 0.909 bits per heavy atom. The lowest BCUT2D eigenvalue weighted by Gasteiger charge is -2.12. The van der Waals surface area contributed by atoms with Crippen LogP contribution in [0.5, 0.6) is 0 Å². The highest BCUT2D eigenvalue weighted by Crippen LogP contribution is 2.37. The van der Waals surface area contributed by atoms with E-state index in [2.05, 4.69) is 84.2 Å². The third-order valence-electron chi connectivity index (χ3n) is 3.92. The second-order valence-corrected chi connectivity index (χ2v) is 6.57. The van der Waals surface area contributed by atoms with E-state index in [9.17, 15) is 0 Å². The van der Waals surface area contributed by atoms with Gasteiger partial charge in [0.25, 0.3) is 0 Å². The Hall–Kier alpha value is -2.26. The number of thioether (sulfide) groups is 1. The summed E-state index contributed by atoms with van der Waals surface area (Å²) in [5.74, 6) is 0. The minimum atomic E-state index is 0.169. The van der Waals surface area contributed by atoms with Gasteiger partial charge in [0.1, 0.15) is 10.4 Å². The van der Waals surface area contributed by atoms with Gasteiger partial charge >= 0.3 is 0 Å². The first-order valence-electron chi connectivity index (χ1n) is 7.36. The van der Waals surface area contributed by atoms with Crippen molar-refractivity contribution in [3.05, 3.63) is 83.4 Å². The molecule has 1 aliphatic rings. The quantitative estimate of drug-likeness (QED) is 0.732. The third kappa shape index (κ3) is 2.38. The van der Waals surface area contributed by atoms with Gasteiger partial charge in [-0.1, -0.05) is 84.1 Å². The SMILES string of the molecule is Cc1ccc(C2=NN[C@H](c3cccc4ccccc34)S2)cc1. The van der Waals surface area contributed by atoms with Crippen molar-refractivity contribution in [2.45, 2.75) is 12.3 Å². The van der Waals surface area contributed by atoms with Gasteiger partial charge in [-0.25, -0.2) is 0 Å². The summed E-state index contributed by atoms with van der Waals surface area (Å²) >= 11 is 1.78. The van der Waals surface area contributed by atoms with E-state index >= 15 is 0 Å². The van der Waals surface area contributed by atoms with Crippen molar-refractivity contribution >= 4 is 27.6 Å². The van der Waals surface area contributed by atoms with Gasteiger partial charge in [0, 0.05) is 5.56 Å². The Bertz CT molecular complexity index is 847. The van der Waals surface area contributed by atoms with Gasteiger partial charge in [-0.05, 0) is 23.3 Å². The molecule has 0 unspecified atom stereocenters. The van der Waals surface area contributed by atoms with Crippen LogP contribution in [0.4, 0.5) is 0 Å². The van der Waals surface area contributed by atoms with Crippen molar-refractivity contribution in [3.8, 4) is 0 Å². The van der Waals surface area contributed by atoms with E-state index in [0.29, 0.717) is 0 Å². The molecule has 0 amide bonds. The summed E-state index contributed by atoms with van der Waals surface area (Å²) in [4.78, 5) is 0. The predicted molar refractivity (Wildman–Crippen MR) is 95.1 cm³/mol. The number of benzene rings is 3. The zero-order valence-electron chi connectivity index (χ0n) is 12.3. The highest BCUT2D eigenvalue weighted by molar-refractivity contribution is 8.14. The molecule has 1 heterocycles. The molecule has 1 aliphatic heterocycles. The molecule has 0 bridgehead atoms. The number of hydrazone groups is 1. The molecule has 0 radical (unpaired) electrons. The van der Waals surface area contributed by atoms with Crippen LogP contribution < -0.4 is 5.43 Å². The minimum absolute atomic E-state index is 0.169. The molecular formula is C19H16N2S. The van der Waals surface area contributed by atoms with Crippen molar-refractivity contribution in [3.63, 3.8) is 0 Å². The van der Waals surface area contributed by atoms with Crippen molar-refractivity contribution in [1.29, 1.82) is 0 Å². The molecule has 108 valence electrons. The van der Waals surface area contributed by atoms with Gasteiger partial charge in [-0.15, -0.1) is 0 Å². The normalized spacial score (nSPS) is 17.3. The monoisotopic (exact) mass is 304 g/mol. The summed E-state index contributed by atoms with van der Waals surface area (Å²) in [6, 6.07) is 23.5. The topological polar surface area (TPSA) is 24.4 Å². The van der Waals surface area contributed by atoms with E-state index in [1.165, 1.54) is 27.5 Å². The van der Waals surface area contributed by atoms with Crippen LogP contribution in [0.15, 0.2) is 71.8 Å². The summed E-state index contributed by atoms with van der Waals surface area (Å²) in [6.07, 6.45) is 0. The lowest BCUT2D eigenvalue weighted by molar-refractivity contribution is 0.748. The van der Waals surface area contributed by atoms with Crippen LogP contribution in [0.25, 0.3) is 10.8 Å². The first-order valence-corrected chi connectivity index (χ1v) is 8.24. The zero-order chi connectivity index (χ0) is 14.9. The average Bonchev–Trinajstić information content (AvgIpc) is 3.05. The number of hydrogen-bond donors (Lipinski definition) is 1. The van der Waals surface area contributed by atoms with Crippen LogP contribution in [0.1, 0.15) is 22.1 Å². The molecule has 0 aromatic heterocycles. The summed E-state index contributed by atoms with van der Waals surface area (Å²) in [5, 5.41) is 8.31. The number of fused-ring (bicyclic) bond motifs is 1. The van der Waals surface area contributed by atoms with Crippen LogP contribution in [0, 0.1) is 6.92 Å². The number of nitrogens with zero attached hydrogens (tertiary/aromatic N) is 1. The van der Waals surface area contributed by atoms with Crippen molar-refractivity contribution in [2.24, 2.45) is 5.10 Å². The second kappa shape index (κ2) is 5.50. The fourth-order valence-corrected chi connectivity index (χ4v) is 3.76. The molecule has 3 heteroatoms. The largest absolute Gasteiger partial charge is 0.291 e. The predicted octanol–water partition coefficient (Wildman–Crippen LogP) is 4.85. The van der Waals surface area contributed by atoms with E-state index in [4.69, 9.17) is 0 Å². The zero-order valence-corrected chi connectivity index (χ0v) is 13.1. The van der Waals surface area contributed by atoms with Gasteiger partial charge in [-0.3, -0.25) is 5.43 Å². The summed E-state index contributed by atoms with van der Waals surface area (Å²) in [5.41, 5.74) is 7.01. The van der Waals surface area contributed by atoms with Crippen molar-refractivity contribution < 1.29 is 0 Å². The number of rotatable bonds is 2. The smallest absolute Gasteiger partial charge is 0.126 e. The highest BCUT2D eigenvalue weighted by atomic mass is 32.2. The number of aryl methyl sites for hydroxylation is 1. The van der Waals surface area contributed by atoms with Crippen LogP contribution in [0.3, 0.4) is 0 Å². The van der Waals surface area contributed by atoms with E-state index in [1.54, 1.807) is 11.8 Å². The first kappa shape index (κ1) is 13.4. The number of hydrogen-bond acceptors (Lipinski definition) is 3. The lowest BCUT2D eigenvalue weighted by atomic mass is 10.0. The average molecular weight is 304 g/mol. The molecule has 0 saturated carbocycles. The van der Waals surface area contributed by atoms with Crippen LogP contribution >= 0.6 is 11.8 Å². The highest BCUT2D eigenvalue weighted by Gasteiger charge is 2.23. The molecule has 3 aromatic rings. The maximum atomic E-state index is 4.53. The molecule has 2 nitrogen and oxygen atoms in total. The fourth-order valence-electron chi connectivity index (χ4n) is 2.72. The Balaban J connectivity index is 1.65. The Labute approximate surface area is 134 Å². The van der Waals surface area contributed by atoms with Gasteiger partial charge < -0.3 is 0 Å². The maximum absolute atomic E-state index is 4.53. The maximum Gasteiger partial charge on any atom is 0.126 e. The Morgan fingerprint density at radius 3 is 2.55 bits per heavy atom. The van der Waals surface area contributed by atoms with Crippen LogP contribution in [0.2, 0.25) is 0 Å². The summed E-state index contributed by atoms with van der Waals surface area (Å²) in [6.45, 7) is 2.10. The molecule has 1 N–H and O–H groups in total. The molecular weight excluding hydrogens is 288 g/mol. The third-order valence-corrected chi connectivity index (χ3v) is 5.06. The van der Waals surface area contributed by atoms with Crippen molar-refractivity contribution in [1.82, 2.24) is 5.43 Å². The lowest BCUT2D eigenvalue weighted by Crippen LogP contribution is -2.06. The van der Waals surface area contributed by atoms with E-state index in [0.717, 1.165) is 5.04 Å². The molecule has 3 aromatic carbocycles. The van der Waals surface area contributed by atoms with Gasteiger partial charge in [0.05, 0.1) is 0 Å². The first-order chi connectivity index (χ1) is 10.8. The Kier molecular flexibility index (Phi) is 3.35. The van der Waals surface area contributed by atoms with E-state index in [-0.39, 0.29) is 5.37 Å². The summed E-state index contributed by atoms with van der Waals surface area (Å²) in [7, 11) is 0. The molecule has 0 saturated heterocycles. The van der Waals surface area contributed by atoms with Crippen LogP contribution in [-0.2, 0) is 0 Å². The molecule has 22 heavy (non-hydrogen) atoms. The molecule has 0 fully saturated rings. The molecule has 0 aliphatic carbocycles.